The van der Waals surface area contributed by atoms with Crippen molar-refractivity contribution >= 4 is 22.7 Å². The second kappa shape index (κ2) is 7.71. The lowest BCUT2D eigenvalue weighted by molar-refractivity contribution is 0.352. The Labute approximate surface area is 168 Å². The topological polar surface area (TPSA) is 109 Å². The van der Waals surface area contributed by atoms with Crippen LogP contribution in [0.2, 0.25) is 0 Å². The van der Waals surface area contributed by atoms with E-state index >= 15 is 0 Å². The average molecular weight is 390 g/mol. The van der Waals surface area contributed by atoms with E-state index < -0.39 is 0 Å². The minimum Gasteiger partial charge on any atom is -0.493 e. The maximum absolute atomic E-state index is 6.18. The summed E-state index contributed by atoms with van der Waals surface area (Å²) in [5, 5.41) is 0.935. The van der Waals surface area contributed by atoms with Crippen LogP contribution in [0.25, 0.3) is 11.0 Å². The predicted octanol–water partition coefficient (Wildman–Crippen LogP) is 3.59. The third kappa shape index (κ3) is 3.67. The zero-order valence-electron chi connectivity index (χ0n) is 16.3. The van der Waals surface area contributed by atoms with Crippen LogP contribution in [0, 0.1) is 0 Å². The van der Waals surface area contributed by atoms with Crippen LogP contribution in [0.1, 0.15) is 22.5 Å². The van der Waals surface area contributed by atoms with E-state index in [0.717, 1.165) is 27.8 Å². The summed E-state index contributed by atoms with van der Waals surface area (Å²) in [7, 11) is 3.20. The number of fused-ring (bicyclic) bond motifs is 1. The van der Waals surface area contributed by atoms with Crippen LogP contribution in [0.4, 0.5) is 11.8 Å². The molecule has 0 amide bonds. The van der Waals surface area contributed by atoms with Gasteiger partial charge in [-0.2, -0.15) is 4.98 Å². The molecule has 0 spiro atoms. The fourth-order valence-electron chi connectivity index (χ4n) is 3.41. The molecule has 29 heavy (non-hydrogen) atoms. The smallest absolute Gasteiger partial charge is 0.221 e. The second-order valence-electron chi connectivity index (χ2n) is 6.70. The zero-order chi connectivity index (χ0) is 20.4. The molecule has 0 bridgehead atoms. The number of furan rings is 1. The van der Waals surface area contributed by atoms with Gasteiger partial charge in [-0.25, -0.2) is 4.98 Å². The molecule has 0 aliphatic heterocycles. The molecule has 4 rings (SSSR count). The number of ether oxygens (including phenoxy) is 2. The Morgan fingerprint density at radius 3 is 2.45 bits per heavy atom. The number of methoxy groups -OCH3 is 2. The highest BCUT2D eigenvalue weighted by atomic mass is 16.5. The predicted molar refractivity (Wildman–Crippen MR) is 112 cm³/mol. The molecule has 7 nitrogen and oxygen atoms in total. The fourth-order valence-corrected chi connectivity index (χ4v) is 3.41. The van der Waals surface area contributed by atoms with E-state index in [9.17, 15) is 0 Å². The molecular formula is C22H22N4O3. The molecule has 0 fully saturated rings. The number of nitrogens with two attached hydrogens (primary N) is 2. The van der Waals surface area contributed by atoms with Crippen LogP contribution in [-0.4, -0.2) is 24.2 Å². The van der Waals surface area contributed by atoms with E-state index in [2.05, 4.69) is 22.1 Å². The number of nitrogen functional groups attached to an aromatic ring is 2. The van der Waals surface area contributed by atoms with Gasteiger partial charge >= 0.3 is 0 Å². The van der Waals surface area contributed by atoms with Crippen LogP contribution in [0.5, 0.6) is 11.5 Å². The van der Waals surface area contributed by atoms with E-state index in [-0.39, 0.29) is 5.95 Å². The van der Waals surface area contributed by atoms with Crippen LogP contribution >= 0.6 is 0 Å². The van der Waals surface area contributed by atoms with Crippen molar-refractivity contribution in [2.75, 3.05) is 25.7 Å². The molecule has 0 radical (unpaired) electrons. The Balaban J connectivity index is 1.82. The fraction of sp³-hybridized carbons (Fsp3) is 0.182. The van der Waals surface area contributed by atoms with Crippen molar-refractivity contribution in [1.82, 2.24) is 9.97 Å². The number of hydrogen-bond acceptors (Lipinski definition) is 7. The van der Waals surface area contributed by atoms with E-state index in [1.54, 1.807) is 20.4 Å². The standard InChI is InChI=1S/C22H22N4O3/c1-27-18-10-14(9-15-12-25-22(24)26-21(15)23)17-11-16(29-19(17)20(18)28-2)8-13-6-4-3-5-7-13/h3-7,10-12H,8-9H2,1-2H3,(H4,23,24,25,26). The first-order chi connectivity index (χ1) is 14.1. The van der Waals surface area contributed by atoms with Crippen LogP contribution < -0.4 is 20.9 Å². The number of hydrogen-bond donors (Lipinski definition) is 2. The van der Waals surface area contributed by atoms with Gasteiger partial charge in [-0.1, -0.05) is 30.3 Å². The van der Waals surface area contributed by atoms with Gasteiger partial charge in [-0.05, 0) is 23.3 Å². The van der Waals surface area contributed by atoms with Crippen molar-refractivity contribution in [2.24, 2.45) is 0 Å². The molecule has 0 aliphatic carbocycles. The Morgan fingerprint density at radius 2 is 1.76 bits per heavy atom. The van der Waals surface area contributed by atoms with Gasteiger partial charge in [0.2, 0.25) is 11.7 Å². The molecule has 0 saturated heterocycles. The average Bonchev–Trinajstić information content (AvgIpc) is 3.14. The molecule has 0 atom stereocenters. The zero-order valence-corrected chi connectivity index (χ0v) is 16.3. The summed E-state index contributed by atoms with van der Waals surface area (Å²) in [6, 6.07) is 14.1. The molecule has 0 unspecified atom stereocenters. The van der Waals surface area contributed by atoms with Gasteiger partial charge in [0.25, 0.3) is 0 Å². The van der Waals surface area contributed by atoms with E-state index in [1.165, 1.54) is 0 Å². The maximum atomic E-state index is 6.18. The third-order valence-corrected chi connectivity index (χ3v) is 4.81. The Kier molecular flexibility index (Phi) is 4.95. The molecule has 0 saturated carbocycles. The van der Waals surface area contributed by atoms with Crippen LogP contribution in [0.3, 0.4) is 0 Å². The maximum Gasteiger partial charge on any atom is 0.221 e. The molecule has 2 aromatic carbocycles. The van der Waals surface area contributed by atoms with Crippen molar-refractivity contribution in [3.8, 4) is 11.5 Å². The van der Waals surface area contributed by atoms with Gasteiger partial charge in [0.15, 0.2) is 11.3 Å². The molecular weight excluding hydrogens is 368 g/mol. The molecule has 2 heterocycles. The lowest BCUT2D eigenvalue weighted by atomic mass is 10.0. The summed E-state index contributed by atoms with van der Waals surface area (Å²) >= 11 is 0. The Morgan fingerprint density at radius 1 is 0.966 bits per heavy atom. The van der Waals surface area contributed by atoms with Gasteiger partial charge in [-0.15, -0.1) is 0 Å². The van der Waals surface area contributed by atoms with E-state index in [1.807, 2.05) is 30.3 Å². The van der Waals surface area contributed by atoms with Crippen molar-refractivity contribution in [2.45, 2.75) is 12.8 Å². The highest BCUT2D eigenvalue weighted by Crippen LogP contribution is 2.40. The second-order valence-corrected chi connectivity index (χ2v) is 6.70. The summed E-state index contributed by atoms with van der Waals surface area (Å²) in [5.41, 5.74) is 15.2. The minimum absolute atomic E-state index is 0.150. The van der Waals surface area contributed by atoms with Crippen molar-refractivity contribution < 1.29 is 13.9 Å². The van der Waals surface area contributed by atoms with Crippen molar-refractivity contribution in [3.63, 3.8) is 0 Å². The third-order valence-electron chi connectivity index (χ3n) is 4.81. The minimum atomic E-state index is 0.150. The molecule has 148 valence electrons. The largest absolute Gasteiger partial charge is 0.493 e. The summed E-state index contributed by atoms with van der Waals surface area (Å²) < 4.78 is 17.3. The first-order valence-corrected chi connectivity index (χ1v) is 9.16. The van der Waals surface area contributed by atoms with Gasteiger partial charge in [-0.3, -0.25) is 0 Å². The van der Waals surface area contributed by atoms with Gasteiger partial charge in [0.05, 0.1) is 14.2 Å². The van der Waals surface area contributed by atoms with Crippen LogP contribution in [-0.2, 0) is 12.8 Å². The highest BCUT2D eigenvalue weighted by Gasteiger charge is 2.19. The molecule has 4 N–H and O–H groups in total. The molecule has 4 aromatic rings. The van der Waals surface area contributed by atoms with E-state index in [0.29, 0.717) is 35.7 Å². The summed E-state index contributed by atoms with van der Waals surface area (Å²) in [4.78, 5) is 8.11. The first-order valence-electron chi connectivity index (χ1n) is 9.16. The summed E-state index contributed by atoms with van der Waals surface area (Å²) in [5.74, 6) is 2.49. The monoisotopic (exact) mass is 390 g/mol. The molecule has 7 heteroatoms. The lowest BCUT2D eigenvalue weighted by Gasteiger charge is -2.12. The highest BCUT2D eigenvalue weighted by molar-refractivity contribution is 5.90. The quantitative estimate of drug-likeness (QED) is 0.518. The number of rotatable bonds is 6. The Hall–Kier alpha value is -3.74. The van der Waals surface area contributed by atoms with Crippen molar-refractivity contribution in [3.05, 3.63) is 71.1 Å². The van der Waals surface area contributed by atoms with Crippen molar-refractivity contribution in [1.29, 1.82) is 0 Å². The summed E-state index contributed by atoms with van der Waals surface area (Å²) in [6.07, 6.45) is 2.83. The van der Waals surface area contributed by atoms with Crippen LogP contribution in [0.15, 0.2) is 53.1 Å². The Bertz CT molecular complexity index is 1160. The number of nitrogens with zero attached hydrogens (tertiary/aromatic N) is 2. The first kappa shape index (κ1) is 18.6. The summed E-state index contributed by atoms with van der Waals surface area (Å²) in [6.45, 7) is 0. The van der Waals surface area contributed by atoms with E-state index in [4.69, 9.17) is 25.4 Å². The SMILES string of the molecule is COc1cc(Cc2cnc(N)nc2N)c2cc(Cc3ccccc3)oc2c1OC. The lowest BCUT2D eigenvalue weighted by Crippen LogP contribution is -2.04. The number of anilines is 2. The molecule has 2 aromatic heterocycles. The van der Waals surface area contributed by atoms with Gasteiger partial charge in [0.1, 0.15) is 11.6 Å². The van der Waals surface area contributed by atoms with Gasteiger partial charge in [0, 0.05) is 30.0 Å². The normalized spacial score (nSPS) is 11.0. The number of benzene rings is 2. The number of aromatic nitrogens is 2. The molecule has 0 aliphatic rings. The van der Waals surface area contributed by atoms with Gasteiger partial charge < -0.3 is 25.4 Å².